The molecule has 0 saturated carbocycles. The molecule has 1 aromatic carbocycles. The molecule has 2 N–H and O–H groups in total. The molecule has 1 fully saturated rings. The fourth-order valence-corrected chi connectivity index (χ4v) is 2.88. The van der Waals surface area contributed by atoms with Crippen LogP contribution in [0.1, 0.15) is 37.8 Å². The van der Waals surface area contributed by atoms with E-state index < -0.39 is 0 Å². The van der Waals surface area contributed by atoms with Crippen LogP contribution in [0.25, 0.3) is 0 Å². The molecular formula is C16H24N2O3. The van der Waals surface area contributed by atoms with Gasteiger partial charge in [-0.15, -0.1) is 0 Å². The smallest absolute Gasteiger partial charge is 0.224 e. The Morgan fingerprint density at radius 3 is 2.81 bits per heavy atom. The van der Waals surface area contributed by atoms with Gasteiger partial charge < -0.3 is 20.1 Å². The number of nitrogens with zero attached hydrogens (tertiary/aromatic N) is 1. The number of methoxy groups -OCH3 is 2. The van der Waals surface area contributed by atoms with Crippen LogP contribution in [0.4, 0.5) is 0 Å². The fraction of sp³-hybridized carbons (Fsp3) is 0.562. The third-order valence-corrected chi connectivity index (χ3v) is 3.87. The van der Waals surface area contributed by atoms with Gasteiger partial charge in [-0.1, -0.05) is 0 Å². The van der Waals surface area contributed by atoms with Crippen molar-refractivity contribution in [3.05, 3.63) is 23.8 Å². The van der Waals surface area contributed by atoms with E-state index in [2.05, 4.69) is 0 Å². The molecule has 1 aliphatic rings. The quantitative estimate of drug-likeness (QED) is 0.902. The van der Waals surface area contributed by atoms with Crippen LogP contribution in [0.15, 0.2) is 18.2 Å². The summed E-state index contributed by atoms with van der Waals surface area (Å²) in [7, 11) is 3.29. The lowest BCUT2D eigenvalue weighted by Gasteiger charge is -2.27. The Hall–Kier alpha value is -1.75. The maximum Gasteiger partial charge on any atom is 0.224 e. The van der Waals surface area contributed by atoms with Crippen LogP contribution in [0.3, 0.4) is 0 Å². The summed E-state index contributed by atoms with van der Waals surface area (Å²) in [5, 5.41) is 0. The molecule has 2 rings (SSSR count). The Balaban J connectivity index is 2.28. The molecule has 0 aromatic heterocycles. The number of carbonyl (C=O) groups is 1. The van der Waals surface area contributed by atoms with Gasteiger partial charge in [0.2, 0.25) is 5.91 Å². The van der Waals surface area contributed by atoms with E-state index in [1.165, 1.54) is 0 Å². The van der Waals surface area contributed by atoms with Crippen molar-refractivity contribution >= 4 is 5.91 Å². The van der Waals surface area contributed by atoms with E-state index in [1.807, 2.05) is 30.0 Å². The SMILES string of the molecule is COc1ccc(OC)c(C2CCCN2C(=O)CC(C)N)c1. The van der Waals surface area contributed by atoms with Gasteiger partial charge in [0.25, 0.3) is 0 Å². The van der Waals surface area contributed by atoms with Gasteiger partial charge in [0.1, 0.15) is 11.5 Å². The summed E-state index contributed by atoms with van der Waals surface area (Å²) in [4.78, 5) is 14.3. The molecule has 1 aromatic rings. The second-order valence-electron chi connectivity index (χ2n) is 5.53. The third kappa shape index (κ3) is 3.47. The lowest BCUT2D eigenvalue weighted by atomic mass is 10.0. The summed E-state index contributed by atoms with van der Waals surface area (Å²) < 4.78 is 10.7. The van der Waals surface area contributed by atoms with E-state index in [0.717, 1.165) is 36.4 Å². The van der Waals surface area contributed by atoms with E-state index in [9.17, 15) is 4.79 Å². The Labute approximate surface area is 126 Å². The van der Waals surface area contributed by atoms with Gasteiger partial charge in [-0.25, -0.2) is 0 Å². The number of likely N-dealkylation sites (tertiary alicyclic amines) is 1. The van der Waals surface area contributed by atoms with Gasteiger partial charge in [0.15, 0.2) is 0 Å². The van der Waals surface area contributed by atoms with Crippen LogP contribution in [-0.2, 0) is 4.79 Å². The first kappa shape index (κ1) is 15.6. The van der Waals surface area contributed by atoms with Crippen molar-refractivity contribution < 1.29 is 14.3 Å². The summed E-state index contributed by atoms with van der Waals surface area (Å²) in [6.45, 7) is 2.63. The Morgan fingerprint density at radius 1 is 1.43 bits per heavy atom. The molecule has 0 radical (unpaired) electrons. The van der Waals surface area contributed by atoms with Crippen molar-refractivity contribution in [1.29, 1.82) is 0 Å². The van der Waals surface area contributed by atoms with Gasteiger partial charge in [0, 0.05) is 24.6 Å². The summed E-state index contributed by atoms with van der Waals surface area (Å²) in [5.41, 5.74) is 6.76. The average molecular weight is 292 g/mol. The molecule has 1 amide bonds. The number of ether oxygens (including phenoxy) is 2. The highest BCUT2D eigenvalue weighted by atomic mass is 16.5. The largest absolute Gasteiger partial charge is 0.497 e. The number of benzene rings is 1. The molecule has 1 saturated heterocycles. The standard InChI is InChI=1S/C16H24N2O3/c1-11(17)9-16(19)18-8-4-5-14(18)13-10-12(20-2)6-7-15(13)21-3/h6-7,10-11,14H,4-5,8-9,17H2,1-3H3. The predicted molar refractivity (Wildman–Crippen MR) is 81.5 cm³/mol. The predicted octanol–water partition coefficient (Wildman–Crippen LogP) is 2.10. The molecule has 0 spiro atoms. The number of rotatable bonds is 5. The van der Waals surface area contributed by atoms with Crippen LogP contribution < -0.4 is 15.2 Å². The van der Waals surface area contributed by atoms with Gasteiger partial charge in [0.05, 0.1) is 20.3 Å². The van der Waals surface area contributed by atoms with Gasteiger partial charge in [-0.2, -0.15) is 0 Å². The summed E-state index contributed by atoms with van der Waals surface area (Å²) in [5.74, 6) is 1.68. The second-order valence-corrected chi connectivity index (χ2v) is 5.53. The number of hydrogen-bond donors (Lipinski definition) is 1. The van der Waals surface area contributed by atoms with E-state index in [1.54, 1.807) is 14.2 Å². The zero-order valence-corrected chi connectivity index (χ0v) is 13.0. The Morgan fingerprint density at radius 2 is 2.19 bits per heavy atom. The first-order chi connectivity index (χ1) is 10.1. The minimum Gasteiger partial charge on any atom is -0.497 e. The molecular weight excluding hydrogens is 268 g/mol. The zero-order valence-electron chi connectivity index (χ0n) is 13.0. The fourth-order valence-electron chi connectivity index (χ4n) is 2.88. The highest BCUT2D eigenvalue weighted by Gasteiger charge is 2.32. The lowest BCUT2D eigenvalue weighted by molar-refractivity contribution is -0.132. The Bertz CT molecular complexity index is 502. The minimum atomic E-state index is -0.119. The number of amides is 1. The molecule has 1 aliphatic heterocycles. The third-order valence-electron chi connectivity index (χ3n) is 3.87. The van der Waals surface area contributed by atoms with E-state index in [-0.39, 0.29) is 18.0 Å². The van der Waals surface area contributed by atoms with Crippen molar-refractivity contribution in [3.63, 3.8) is 0 Å². The van der Waals surface area contributed by atoms with Crippen LogP contribution in [0.5, 0.6) is 11.5 Å². The van der Waals surface area contributed by atoms with Crippen LogP contribution >= 0.6 is 0 Å². The highest BCUT2D eigenvalue weighted by molar-refractivity contribution is 5.77. The van der Waals surface area contributed by atoms with Gasteiger partial charge >= 0.3 is 0 Å². The van der Waals surface area contributed by atoms with Gasteiger partial charge in [-0.05, 0) is 38.0 Å². The number of nitrogens with two attached hydrogens (primary N) is 1. The maximum absolute atomic E-state index is 12.4. The molecule has 21 heavy (non-hydrogen) atoms. The first-order valence-electron chi connectivity index (χ1n) is 7.33. The molecule has 0 aliphatic carbocycles. The molecule has 5 nitrogen and oxygen atoms in total. The van der Waals surface area contributed by atoms with Crippen molar-refractivity contribution in [1.82, 2.24) is 4.90 Å². The normalized spacial score (nSPS) is 19.4. The molecule has 5 heteroatoms. The summed E-state index contributed by atoms with van der Waals surface area (Å²) >= 11 is 0. The summed E-state index contributed by atoms with van der Waals surface area (Å²) in [6.07, 6.45) is 2.31. The van der Waals surface area contributed by atoms with E-state index in [0.29, 0.717) is 6.42 Å². The molecule has 116 valence electrons. The molecule has 2 unspecified atom stereocenters. The van der Waals surface area contributed by atoms with Crippen molar-refractivity contribution in [2.24, 2.45) is 5.73 Å². The molecule has 2 atom stereocenters. The molecule has 1 heterocycles. The monoisotopic (exact) mass is 292 g/mol. The van der Waals surface area contributed by atoms with Crippen LogP contribution in [0, 0.1) is 0 Å². The zero-order chi connectivity index (χ0) is 15.4. The first-order valence-corrected chi connectivity index (χ1v) is 7.33. The van der Waals surface area contributed by atoms with Crippen LogP contribution in [-0.4, -0.2) is 37.6 Å². The topological polar surface area (TPSA) is 64.8 Å². The molecule has 0 bridgehead atoms. The average Bonchev–Trinajstić information content (AvgIpc) is 2.95. The van der Waals surface area contributed by atoms with Gasteiger partial charge in [-0.3, -0.25) is 4.79 Å². The number of carbonyl (C=O) groups excluding carboxylic acids is 1. The maximum atomic E-state index is 12.4. The van der Waals surface area contributed by atoms with Crippen LogP contribution in [0.2, 0.25) is 0 Å². The Kier molecular flexibility index (Phi) is 5.07. The van der Waals surface area contributed by atoms with E-state index in [4.69, 9.17) is 15.2 Å². The highest BCUT2D eigenvalue weighted by Crippen LogP contribution is 2.39. The van der Waals surface area contributed by atoms with Crippen molar-refractivity contribution in [2.75, 3.05) is 20.8 Å². The summed E-state index contributed by atoms with van der Waals surface area (Å²) in [6, 6.07) is 5.64. The van der Waals surface area contributed by atoms with Crippen molar-refractivity contribution in [3.8, 4) is 11.5 Å². The minimum absolute atomic E-state index is 0.0429. The van der Waals surface area contributed by atoms with Crippen molar-refractivity contribution in [2.45, 2.75) is 38.3 Å². The number of hydrogen-bond acceptors (Lipinski definition) is 4. The lowest BCUT2D eigenvalue weighted by Crippen LogP contribution is -2.34. The van der Waals surface area contributed by atoms with E-state index >= 15 is 0 Å². The second kappa shape index (κ2) is 6.80.